The summed E-state index contributed by atoms with van der Waals surface area (Å²) in [5.74, 6) is 0.425. The fourth-order valence-electron chi connectivity index (χ4n) is 2.84. The molecule has 1 saturated heterocycles. The van der Waals surface area contributed by atoms with Crippen molar-refractivity contribution in [3.8, 4) is 11.4 Å². The van der Waals surface area contributed by atoms with Crippen LogP contribution in [0.5, 0.6) is 0 Å². The number of nitrogens with zero attached hydrogens (tertiary/aromatic N) is 3. The number of hydrogen-bond donors (Lipinski definition) is 1. The number of hydrogen-bond acceptors (Lipinski definition) is 6. The van der Waals surface area contributed by atoms with Crippen molar-refractivity contribution in [2.45, 2.75) is 25.4 Å². The molecular weight excluding hydrogens is 352 g/mol. The van der Waals surface area contributed by atoms with Gasteiger partial charge in [0.1, 0.15) is 12.6 Å². The highest BCUT2D eigenvalue weighted by atomic mass is 32.1. The molecule has 7 nitrogen and oxygen atoms in total. The van der Waals surface area contributed by atoms with Crippen LogP contribution in [0.15, 0.2) is 51.7 Å². The minimum atomic E-state index is -0.526. The summed E-state index contributed by atoms with van der Waals surface area (Å²) in [5, 5.41) is 10.4. The Kier molecular flexibility index (Phi) is 4.49. The molecule has 26 heavy (non-hydrogen) atoms. The van der Waals surface area contributed by atoms with Gasteiger partial charge in [-0.25, -0.2) is 4.79 Å². The molecule has 3 aromatic rings. The molecule has 1 aliphatic rings. The molecule has 1 aliphatic heterocycles. The van der Waals surface area contributed by atoms with E-state index in [0.29, 0.717) is 18.7 Å². The maximum absolute atomic E-state index is 12.5. The van der Waals surface area contributed by atoms with Crippen LogP contribution in [0.2, 0.25) is 0 Å². The lowest BCUT2D eigenvalue weighted by Gasteiger charge is -2.10. The first-order chi connectivity index (χ1) is 12.7. The van der Waals surface area contributed by atoms with Gasteiger partial charge >= 0.3 is 6.03 Å². The number of carbonyl (C=O) groups excluding carboxylic acids is 2. The van der Waals surface area contributed by atoms with Crippen LogP contribution in [0, 0.1) is 0 Å². The van der Waals surface area contributed by atoms with Gasteiger partial charge in [-0.1, -0.05) is 35.5 Å². The molecule has 132 valence electrons. The van der Waals surface area contributed by atoms with Crippen LogP contribution < -0.4 is 5.32 Å². The molecule has 1 atom stereocenters. The van der Waals surface area contributed by atoms with E-state index in [2.05, 4.69) is 15.5 Å². The van der Waals surface area contributed by atoms with Crippen molar-refractivity contribution in [2.24, 2.45) is 0 Å². The predicted octanol–water partition coefficient (Wildman–Crippen LogP) is 2.85. The summed E-state index contributed by atoms with van der Waals surface area (Å²) in [6.07, 6.45) is 1.27. The Labute approximate surface area is 153 Å². The number of aryl methyl sites for hydroxylation is 1. The number of amides is 3. The molecule has 0 saturated carbocycles. The van der Waals surface area contributed by atoms with Crippen LogP contribution in [0.25, 0.3) is 11.4 Å². The van der Waals surface area contributed by atoms with E-state index in [1.165, 1.54) is 11.3 Å². The van der Waals surface area contributed by atoms with Gasteiger partial charge in [-0.15, -0.1) is 0 Å². The van der Waals surface area contributed by atoms with Crippen LogP contribution in [-0.4, -0.2) is 33.0 Å². The highest BCUT2D eigenvalue weighted by Gasteiger charge is 2.38. The van der Waals surface area contributed by atoms with Crippen molar-refractivity contribution in [2.75, 3.05) is 0 Å². The van der Waals surface area contributed by atoms with Crippen molar-refractivity contribution >= 4 is 23.3 Å². The molecule has 2 aromatic heterocycles. The number of imide groups is 1. The number of thiophene rings is 1. The van der Waals surface area contributed by atoms with Crippen LogP contribution in [0.1, 0.15) is 17.9 Å². The molecular formula is C18H16N4O3S. The van der Waals surface area contributed by atoms with Gasteiger partial charge < -0.3 is 9.84 Å². The maximum atomic E-state index is 12.5. The monoisotopic (exact) mass is 368 g/mol. The smallest absolute Gasteiger partial charge is 0.325 e. The number of rotatable bonds is 6. The lowest BCUT2D eigenvalue weighted by molar-refractivity contribution is -0.128. The van der Waals surface area contributed by atoms with Crippen LogP contribution >= 0.6 is 11.3 Å². The third-order valence-electron chi connectivity index (χ3n) is 4.21. The summed E-state index contributed by atoms with van der Waals surface area (Å²) in [6.45, 7) is -0.0242. The van der Waals surface area contributed by atoms with Crippen LogP contribution in [0.4, 0.5) is 4.79 Å². The minimum Gasteiger partial charge on any atom is -0.337 e. The lowest BCUT2D eigenvalue weighted by atomic mass is 10.1. The summed E-state index contributed by atoms with van der Waals surface area (Å²) in [4.78, 5) is 30.1. The third-order valence-corrected chi connectivity index (χ3v) is 4.90. The van der Waals surface area contributed by atoms with Crippen molar-refractivity contribution in [3.63, 3.8) is 0 Å². The molecule has 8 heteroatoms. The quantitative estimate of drug-likeness (QED) is 0.676. The molecule has 1 N–H and O–H groups in total. The van der Waals surface area contributed by atoms with E-state index in [-0.39, 0.29) is 18.3 Å². The summed E-state index contributed by atoms with van der Waals surface area (Å²) in [6, 6.07) is 10.8. The Balaban J connectivity index is 1.39. The first kappa shape index (κ1) is 16.5. The van der Waals surface area contributed by atoms with Crippen molar-refractivity contribution < 1.29 is 14.1 Å². The van der Waals surface area contributed by atoms with E-state index in [9.17, 15) is 9.59 Å². The first-order valence-corrected chi connectivity index (χ1v) is 9.16. The molecule has 1 unspecified atom stereocenters. The van der Waals surface area contributed by atoms with Gasteiger partial charge in [-0.2, -0.15) is 16.3 Å². The predicted molar refractivity (Wildman–Crippen MR) is 95.2 cm³/mol. The van der Waals surface area contributed by atoms with Gasteiger partial charge in [-0.05, 0) is 29.9 Å². The fraction of sp³-hybridized carbons (Fsp3) is 0.222. The second-order valence-electron chi connectivity index (χ2n) is 5.97. The van der Waals surface area contributed by atoms with Gasteiger partial charge in [0.15, 0.2) is 0 Å². The van der Waals surface area contributed by atoms with E-state index < -0.39 is 12.1 Å². The van der Waals surface area contributed by atoms with Crippen molar-refractivity contribution in [1.82, 2.24) is 20.4 Å². The number of carbonyl (C=O) groups is 2. The molecule has 0 spiro atoms. The normalized spacial score (nSPS) is 16.9. The third kappa shape index (κ3) is 3.36. The zero-order chi connectivity index (χ0) is 17.9. The lowest BCUT2D eigenvalue weighted by Crippen LogP contribution is -2.31. The van der Waals surface area contributed by atoms with Crippen LogP contribution in [-0.2, 0) is 17.8 Å². The van der Waals surface area contributed by atoms with E-state index in [1.807, 2.05) is 47.2 Å². The molecule has 0 radical (unpaired) electrons. The van der Waals surface area contributed by atoms with E-state index in [0.717, 1.165) is 16.0 Å². The first-order valence-electron chi connectivity index (χ1n) is 8.21. The summed E-state index contributed by atoms with van der Waals surface area (Å²) < 4.78 is 5.18. The summed E-state index contributed by atoms with van der Waals surface area (Å²) in [5.41, 5.74) is 1.98. The minimum absolute atomic E-state index is 0.0242. The number of aromatic nitrogens is 2. The van der Waals surface area contributed by atoms with E-state index in [4.69, 9.17) is 4.52 Å². The highest BCUT2D eigenvalue weighted by molar-refractivity contribution is 7.08. The zero-order valence-corrected chi connectivity index (χ0v) is 14.6. The van der Waals surface area contributed by atoms with Crippen molar-refractivity contribution in [3.05, 3.63) is 58.6 Å². The molecule has 3 heterocycles. The summed E-state index contributed by atoms with van der Waals surface area (Å²) in [7, 11) is 0. The Morgan fingerprint density at radius 3 is 2.81 bits per heavy atom. The molecule has 1 fully saturated rings. The molecule has 3 amide bonds. The fourth-order valence-corrected chi connectivity index (χ4v) is 3.48. The molecule has 0 bridgehead atoms. The average Bonchev–Trinajstić information content (AvgIpc) is 3.38. The highest BCUT2D eigenvalue weighted by Crippen LogP contribution is 2.20. The maximum Gasteiger partial charge on any atom is 0.325 e. The zero-order valence-electron chi connectivity index (χ0n) is 13.8. The number of benzene rings is 1. The second kappa shape index (κ2) is 7.09. The average molecular weight is 368 g/mol. The Morgan fingerprint density at radius 2 is 2.04 bits per heavy atom. The van der Waals surface area contributed by atoms with E-state index >= 15 is 0 Å². The number of urea groups is 1. The molecule has 0 aliphatic carbocycles. The summed E-state index contributed by atoms with van der Waals surface area (Å²) >= 11 is 1.53. The Bertz CT molecular complexity index is 908. The standard InChI is InChI=1S/C18H16N4O3S/c23-17-14(7-6-12-4-2-1-3-5-12)19-18(24)22(17)10-15-20-16(21-25-15)13-8-9-26-11-13/h1-5,8-9,11,14H,6-7,10H2,(H,19,24). The van der Waals surface area contributed by atoms with Gasteiger partial charge in [0, 0.05) is 10.9 Å². The Hall–Kier alpha value is -3.00. The Morgan fingerprint density at radius 1 is 1.19 bits per heavy atom. The van der Waals surface area contributed by atoms with Gasteiger partial charge in [-0.3, -0.25) is 9.69 Å². The van der Waals surface area contributed by atoms with Crippen LogP contribution in [0.3, 0.4) is 0 Å². The molecule has 4 rings (SSSR count). The van der Waals surface area contributed by atoms with Crippen molar-refractivity contribution in [1.29, 1.82) is 0 Å². The van der Waals surface area contributed by atoms with E-state index in [1.54, 1.807) is 0 Å². The largest absolute Gasteiger partial charge is 0.337 e. The molecule has 1 aromatic carbocycles. The van der Waals surface area contributed by atoms with Gasteiger partial charge in [0.25, 0.3) is 5.91 Å². The SMILES string of the molecule is O=C1NC(CCc2ccccc2)C(=O)N1Cc1nc(-c2ccsc2)no1. The van der Waals surface area contributed by atoms with Gasteiger partial charge in [0.2, 0.25) is 11.7 Å². The second-order valence-corrected chi connectivity index (χ2v) is 6.75. The topological polar surface area (TPSA) is 88.3 Å². The number of nitrogens with one attached hydrogen (secondary N) is 1. The van der Waals surface area contributed by atoms with Gasteiger partial charge in [0.05, 0.1) is 0 Å².